The van der Waals surface area contributed by atoms with Gasteiger partial charge in [-0.25, -0.2) is 8.42 Å². The zero-order valence-electron chi connectivity index (χ0n) is 19.1. The number of H-pyrrole nitrogens is 1. The van der Waals surface area contributed by atoms with E-state index in [4.69, 9.17) is 4.74 Å². The molecule has 2 heterocycles. The number of nitrogens with one attached hydrogen (secondary N) is 1. The summed E-state index contributed by atoms with van der Waals surface area (Å²) in [6, 6.07) is 28.5. The number of sulfonamides is 1. The Morgan fingerprint density at radius 1 is 0.806 bits per heavy atom. The SMILES string of the molecule is O=S(=O)(c1ccccc1Oc1ccccc1)N(Cc1ccc(-c2nn[nH]n2)cc1)Cc1ccccn1. The smallest absolute Gasteiger partial charge is 0.247 e. The molecule has 5 aromatic rings. The summed E-state index contributed by atoms with van der Waals surface area (Å²) in [5.41, 5.74) is 2.20. The molecule has 36 heavy (non-hydrogen) atoms. The molecule has 0 bridgehead atoms. The van der Waals surface area contributed by atoms with Crippen LogP contribution in [0.5, 0.6) is 11.5 Å². The molecule has 0 aliphatic rings. The number of hydrogen-bond acceptors (Lipinski definition) is 7. The first-order chi connectivity index (χ1) is 17.6. The second-order valence-corrected chi connectivity index (χ2v) is 9.79. The normalized spacial score (nSPS) is 11.5. The van der Waals surface area contributed by atoms with E-state index in [-0.39, 0.29) is 23.7 Å². The van der Waals surface area contributed by atoms with E-state index >= 15 is 0 Å². The molecular formula is C26H22N6O3S. The molecule has 0 radical (unpaired) electrons. The van der Waals surface area contributed by atoms with Crippen molar-refractivity contribution in [2.45, 2.75) is 18.0 Å². The van der Waals surface area contributed by atoms with Gasteiger partial charge in [0.25, 0.3) is 0 Å². The third-order valence-electron chi connectivity index (χ3n) is 5.42. The Kier molecular flexibility index (Phi) is 6.78. The molecule has 0 aliphatic carbocycles. The van der Waals surface area contributed by atoms with E-state index in [0.717, 1.165) is 11.1 Å². The van der Waals surface area contributed by atoms with Crippen molar-refractivity contribution in [3.8, 4) is 22.9 Å². The first kappa shape index (κ1) is 23.3. The maximum Gasteiger partial charge on any atom is 0.247 e. The summed E-state index contributed by atoms with van der Waals surface area (Å²) in [5, 5.41) is 14.0. The van der Waals surface area contributed by atoms with Crippen molar-refractivity contribution in [1.29, 1.82) is 0 Å². The number of ether oxygens (including phenoxy) is 1. The van der Waals surface area contributed by atoms with Crippen LogP contribution in [-0.4, -0.2) is 38.3 Å². The summed E-state index contributed by atoms with van der Waals surface area (Å²) in [6.45, 7) is 0.223. The Hall–Kier alpha value is -4.41. The van der Waals surface area contributed by atoms with Crippen LogP contribution in [0.25, 0.3) is 11.4 Å². The molecule has 0 unspecified atom stereocenters. The second kappa shape index (κ2) is 10.5. The molecule has 0 atom stereocenters. The highest BCUT2D eigenvalue weighted by Gasteiger charge is 2.29. The van der Waals surface area contributed by atoms with Gasteiger partial charge in [-0.05, 0) is 47.2 Å². The summed E-state index contributed by atoms with van der Waals surface area (Å²) in [5.74, 6) is 1.27. The van der Waals surface area contributed by atoms with Gasteiger partial charge < -0.3 is 4.74 Å². The van der Waals surface area contributed by atoms with Crippen molar-refractivity contribution in [1.82, 2.24) is 29.9 Å². The minimum absolute atomic E-state index is 0.0770. The number of aromatic nitrogens is 5. The number of rotatable bonds is 9. The lowest BCUT2D eigenvalue weighted by molar-refractivity contribution is 0.392. The van der Waals surface area contributed by atoms with Gasteiger partial charge in [0.1, 0.15) is 16.4 Å². The largest absolute Gasteiger partial charge is 0.456 e. The van der Waals surface area contributed by atoms with Crippen molar-refractivity contribution in [3.63, 3.8) is 0 Å². The van der Waals surface area contributed by atoms with Crippen LogP contribution in [-0.2, 0) is 23.1 Å². The molecule has 2 aromatic heterocycles. The van der Waals surface area contributed by atoms with Crippen molar-refractivity contribution in [2.75, 3.05) is 0 Å². The highest BCUT2D eigenvalue weighted by molar-refractivity contribution is 7.89. The van der Waals surface area contributed by atoms with Crippen LogP contribution in [0.3, 0.4) is 0 Å². The van der Waals surface area contributed by atoms with Gasteiger partial charge in [0.05, 0.1) is 12.2 Å². The first-order valence-electron chi connectivity index (χ1n) is 11.1. The summed E-state index contributed by atoms with van der Waals surface area (Å²) < 4.78 is 35.3. The number of para-hydroxylation sites is 2. The van der Waals surface area contributed by atoms with Gasteiger partial charge in [-0.15, -0.1) is 10.2 Å². The highest BCUT2D eigenvalue weighted by Crippen LogP contribution is 2.32. The van der Waals surface area contributed by atoms with E-state index in [9.17, 15) is 8.42 Å². The topological polar surface area (TPSA) is 114 Å². The molecule has 0 fully saturated rings. The van der Waals surface area contributed by atoms with Crippen LogP contribution in [0.15, 0.2) is 108 Å². The third-order valence-corrected chi connectivity index (χ3v) is 7.25. The van der Waals surface area contributed by atoms with Gasteiger partial charge in [-0.2, -0.15) is 9.52 Å². The number of aromatic amines is 1. The number of tetrazole rings is 1. The molecule has 3 aromatic carbocycles. The second-order valence-electron chi connectivity index (χ2n) is 7.89. The van der Waals surface area contributed by atoms with Crippen LogP contribution in [0, 0.1) is 0 Å². The van der Waals surface area contributed by atoms with Crippen LogP contribution in [0.4, 0.5) is 0 Å². The Labute approximate surface area is 208 Å². The van der Waals surface area contributed by atoms with E-state index in [1.807, 2.05) is 48.5 Å². The van der Waals surface area contributed by atoms with Crippen LogP contribution in [0.1, 0.15) is 11.3 Å². The zero-order valence-corrected chi connectivity index (χ0v) is 19.9. The fourth-order valence-electron chi connectivity index (χ4n) is 3.65. The van der Waals surface area contributed by atoms with Gasteiger partial charge in [-0.3, -0.25) is 4.98 Å². The standard InChI is InChI=1S/C26H22N6O3S/c33-36(34,25-12-5-4-11-24(25)35-23-9-2-1-3-10-23)32(19-22-8-6-7-17-27-22)18-20-13-15-21(16-14-20)26-28-30-31-29-26/h1-17H,18-19H2,(H,28,29,30,31). The Bertz CT molecular complexity index is 1510. The molecular weight excluding hydrogens is 476 g/mol. The molecule has 0 spiro atoms. The predicted octanol–water partition coefficient (Wildman–Crippen LogP) is 4.45. The Morgan fingerprint density at radius 3 is 2.28 bits per heavy atom. The zero-order chi connectivity index (χ0) is 24.8. The van der Waals surface area contributed by atoms with Gasteiger partial charge in [0.15, 0.2) is 0 Å². The molecule has 0 amide bonds. The molecule has 0 saturated carbocycles. The molecule has 10 heteroatoms. The monoisotopic (exact) mass is 498 g/mol. The number of hydrogen-bond donors (Lipinski definition) is 1. The molecule has 0 saturated heterocycles. The van der Waals surface area contributed by atoms with Gasteiger partial charge in [0.2, 0.25) is 15.8 Å². The predicted molar refractivity (Wildman–Crippen MR) is 133 cm³/mol. The van der Waals surface area contributed by atoms with Crippen molar-refractivity contribution in [2.24, 2.45) is 0 Å². The molecule has 9 nitrogen and oxygen atoms in total. The minimum Gasteiger partial charge on any atom is -0.456 e. The van der Waals surface area contributed by atoms with Gasteiger partial charge >= 0.3 is 0 Å². The molecule has 0 aliphatic heterocycles. The minimum atomic E-state index is -3.97. The number of nitrogens with zero attached hydrogens (tertiary/aromatic N) is 5. The lowest BCUT2D eigenvalue weighted by Gasteiger charge is -2.23. The average Bonchev–Trinajstić information content (AvgIpc) is 3.45. The Morgan fingerprint density at radius 2 is 1.56 bits per heavy atom. The molecule has 5 rings (SSSR count). The van der Waals surface area contributed by atoms with Crippen molar-refractivity contribution in [3.05, 3.63) is 115 Å². The summed E-state index contributed by atoms with van der Waals surface area (Å²) in [4.78, 5) is 4.42. The van der Waals surface area contributed by atoms with Crippen molar-refractivity contribution >= 4 is 10.0 Å². The van der Waals surface area contributed by atoms with Gasteiger partial charge in [-0.1, -0.05) is 60.7 Å². The van der Waals surface area contributed by atoms with Crippen LogP contribution < -0.4 is 4.74 Å². The maximum absolute atomic E-state index is 14.0. The molecule has 1 N–H and O–H groups in total. The molecule has 180 valence electrons. The van der Waals surface area contributed by atoms with E-state index in [0.29, 0.717) is 17.3 Å². The van der Waals surface area contributed by atoms with Crippen LogP contribution >= 0.6 is 0 Å². The lowest BCUT2D eigenvalue weighted by atomic mass is 10.1. The number of benzene rings is 3. The average molecular weight is 499 g/mol. The van der Waals surface area contributed by atoms with E-state index in [1.54, 1.807) is 54.7 Å². The first-order valence-corrected chi connectivity index (χ1v) is 12.6. The summed E-state index contributed by atoms with van der Waals surface area (Å²) >= 11 is 0. The summed E-state index contributed by atoms with van der Waals surface area (Å²) in [7, 11) is -3.97. The lowest BCUT2D eigenvalue weighted by Crippen LogP contribution is -2.31. The maximum atomic E-state index is 14.0. The third kappa shape index (κ3) is 5.29. The quantitative estimate of drug-likeness (QED) is 0.319. The van der Waals surface area contributed by atoms with Crippen LogP contribution in [0.2, 0.25) is 0 Å². The fraction of sp³-hybridized carbons (Fsp3) is 0.0769. The Balaban J connectivity index is 1.48. The van der Waals surface area contributed by atoms with E-state index in [1.165, 1.54) is 4.31 Å². The van der Waals surface area contributed by atoms with Gasteiger partial charge in [0, 0.05) is 18.3 Å². The number of pyridine rings is 1. The highest BCUT2D eigenvalue weighted by atomic mass is 32.2. The summed E-state index contributed by atoms with van der Waals surface area (Å²) in [6.07, 6.45) is 1.65. The van der Waals surface area contributed by atoms with Crippen molar-refractivity contribution < 1.29 is 13.2 Å². The van der Waals surface area contributed by atoms with E-state index in [2.05, 4.69) is 25.6 Å². The fourth-order valence-corrected chi connectivity index (χ4v) is 5.16. The van der Waals surface area contributed by atoms with E-state index < -0.39 is 10.0 Å².